The number of nitrogens with zero attached hydrogens (tertiary/aromatic N) is 4. The van der Waals surface area contributed by atoms with Gasteiger partial charge in [-0.1, -0.05) is 129 Å². The maximum absolute atomic E-state index is 5.63. The number of hydrogen-bond acceptors (Lipinski definition) is 3. The van der Waals surface area contributed by atoms with Crippen LogP contribution in [0.15, 0.2) is 187 Å². The Balaban J connectivity index is 1.27. The predicted molar refractivity (Wildman–Crippen MR) is 241 cm³/mol. The van der Waals surface area contributed by atoms with Crippen molar-refractivity contribution in [2.45, 2.75) is 57.4 Å². The molecule has 2 aliphatic rings. The molecule has 2 aliphatic heterocycles. The molecule has 0 bridgehead atoms. The molecule has 3 heterocycles. The molecule has 0 aliphatic carbocycles. The van der Waals surface area contributed by atoms with E-state index in [-0.39, 0.29) is 11.8 Å². The molecule has 0 spiro atoms. The largest absolute Gasteiger partial charge is 0.331 e. The highest BCUT2D eigenvalue weighted by atomic mass is 15.2. The standard InChI is InChI=1S/C54H48N4/c1-37-31-32-40-21-13-17-29-51(40)58(45-24-11-6-12-25-45)54(37,3)43-34-41(50-36-47(39-19-7-4-8-20-39)38(2)46-26-14-15-27-48(46)55-50)33-42(35-43)53-56-49-28-16-18-30-52(49)57(53)44-22-9-5-10-23-44/h4-30,33-35,37-38,47H,31-32,36H2,1-3H3. The minimum atomic E-state index is -0.433. The monoisotopic (exact) mass is 752 g/mol. The van der Waals surface area contributed by atoms with Crippen LogP contribution in [0.5, 0.6) is 0 Å². The Kier molecular flexibility index (Phi) is 9.13. The first kappa shape index (κ1) is 35.9. The van der Waals surface area contributed by atoms with Crippen molar-refractivity contribution >= 4 is 33.8 Å². The van der Waals surface area contributed by atoms with Crippen LogP contribution in [0.25, 0.3) is 28.1 Å². The van der Waals surface area contributed by atoms with Gasteiger partial charge in [-0.3, -0.25) is 9.56 Å². The molecule has 0 amide bonds. The van der Waals surface area contributed by atoms with Crippen molar-refractivity contribution in [1.29, 1.82) is 0 Å². The van der Waals surface area contributed by atoms with Gasteiger partial charge in [0.2, 0.25) is 0 Å². The van der Waals surface area contributed by atoms with Gasteiger partial charge >= 0.3 is 0 Å². The zero-order valence-corrected chi connectivity index (χ0v) is 33.5. The van der Waals surface area contributed by atoms with Crippen molar-refractivity contribution in [3.8, 4) is 17.1 Å². The molecule has 4 atom stereocenters. The fourth-order valence-electron chi connectivity index (χ4n) is 9.79. The summed E-state index contributed by atoms with van der Waals surface area (Å²) < 4.78 is 2.33. The number of imidazole rings is 1. The summed E-state index contributed by atoms with van der Waals surface area (Å²) in [6.07, 6.45) is 2.89. The summed E-state index contributed by atoms with van der Waals surface area (Å²) in [6, 6.07) is 66.3. The molecule has 0 fully saturated rings. The third-order valence-electron chi connectivity index (χ3n) is 13.1. The van der Waals surface area contributed by atoms with E-state index in [1.54, 1.807) is 0 Å². The highest BCUT2D eigenvalue weighted by Crippen LogP contribution is 2.51. The van der Waals surface area contributed by atoms with E-state index in [0.29, 0.717) is 5.92 Å². The average molecular weight is 753 g/mol. The first-order chi connectivity index (χ1) is 28.5. The lowest BCUT2D eigenvalue weighted by Gasteiger charge is -2.47. The molecule has 8 aromatic rings. The topological polar surface area (TPSA) is 33.4 Å². The van der Waals surface area contributed by atoms with E-state index in [9.17, 15) is 0 Å². The first-order valence-corrected chi connectivity index (χ1v) is 20.8. The van der Waals surface area contributed by atoms with E-state index < -0.39 is 5.54 Å². The van der Waals surface area contributed by atoms with Crippen LogP contribution in [0.1, 0.15) is 73.3 Å². The first-order valence-electron chi connectivity index (χ1n) is 20.8. The lowest BCUT2D eigenvalue weighted by atomic mass is 9.75. The average Bonchev–Trinajstić information content (AvgIpc) is 3.55. The Hall–Kier alpha value is -6.52. The summed E-state index contributed by atoms with van der Waals surface area (Å²) in [4.78, 5) is 13.7. The van der Waals surface area contributed by atoms with Crippen LogP contribution in [-0.4, -0.2) is 15.3 Å². The molecule has 1 aromatic heterocycles. The van der Waals surface area contributed by atoms with Crippen molar-refractivity contribution in [2.75, 3.05) is 4.90 Å². The maximum Gasteiger partial charge on any atom is 0.145 e. The van der Waals surface area contributed by atoms with E-state index in [1.807, 2.05) is 0 Å². The maximum atomic E-state index is 5.63. The van der Waals surface area contributed by atoms with Crippen molar-refractivity contribution < 1.29 is 0 Å². The van der Waals surface area contributed by atoms with Crippen molar-refractivity contribution in [2.24, 2.45) is 10.9 Å². The summed E-state index contributed by atoms with van der Waals surface area (Å²) in [5.74, 6) is 1.76. The number of aliphatic imine (C=N–C) groups is 1. The van der Waals surface area contributed by atoms with E-state index in [4.69, 9.17) is 9.98 Å². The highest BCUT2D eigenvalue weighted by molar-refractivity contribution is 6.04. The molecule has 4 nitrogen and oxygen atoms in total. The third kappa shape index (κ3) is 6.15. The normalized spacial score (nSPS) is 20.4. The molecule has 4 unspecified atom stereocenters. The number of rotatable bonds is 6. The SMILES string of the molecule is CC1c2ccccc2N=C(c2cc(-c3nc4ccccc4n3-c3ccccc3)cc(C3(C)C(C)CCc4ccccc4N3c3ccccc3)c2)CC1c1ccccc1. The Bertz CT molecular complexity index is 2770. The Morgan fingerprint density at radius 3 is 2.05 bits per heavy atom. The fourth-order valence-corrected chi connectivity index (χ4v) is 9.79. The van der Waals surface area contributed by atoms with Crippen LogP contribution < -0.4 is 4.90 Å². The minimum absolute atomic E-state index is 0.254. The lowest BCUT2D eigenvalue weighted by molar-refractivity contribution is 0.310. The highest BCUT2D eigenvalue weighted by Gasteiger charge is 2.43. The summed E-state index contributed by atoms with van der Waals surface area (Å²) in [7, 11) is 0. The number of benzene rings is 7. The van der Waals surface area contributed by atoms with Gasteiger partial charge in [0.25, 0.3) is 0 Å². The Labute approximate surface area is 342 Å². The lowest BCUT2D eigenvalue weighted by Crippen LogP contribution is -2.45. The van der Waals surface area contributed by atoms with Gasteiger partial charge in [0.1, 0.15) is 5.82 Å². The fraction of sp³-hybridized carbons (Fsp3) is 0.185. The van der Waals surface area contributed by atoms with Crippen LogP contribution >= 0.6 is 0 Å². The van der Waals surface area contributed by atoms with E-state index in [2.05, 4.69) is 212 Å². The van der Waals surface area contributed by atoms with Crippen LogP contribution in [0, 0.1) is 5.92 Å². The predicted octanol–water partition coefficient (Wildman–Crippen LogP) is 13.7. The second-order valence-electron chi connectivity index (χ2n) is 16.4. The van der Waals surface area contributed by atoms with Gasteiger partial charge in [-0.2, -0.15) is 0 Å². The Morgan fingerprint density at radius 2 is 1.26 bits per heavy atom. The zero-order valence-electron chi connectivity index (χ0n) is 33.5. The van der Waals surface area contributed by atoms with Crippen molar-refractivity contribution in [3.05, 3.63) is 210 Å². The number of hydrogen-bond donors (Lipinski definition) is 0. The van der Waals surface area contributed by atoms with Gasteiger partial charge in [-0.15, -0.1) is 0 Å². The number of fused-ring (bicyclic) bond motifs is 3. The molecule has 284 valence electrons. The van der Waals surface area contributed by atoms with E-state index in [0.717, 1.165) is 64.3 Å². The van der Waals surface area contributed by atoms with E-state index >= 15 is 0 Å². The van der Waals surface area contributed by atoms with Gasteiger partial charge in [0.05, 0.1) is 22.3 Å². The second kappa shape index (κ2) is 14.8. The van der Waals surface area contributed by atoms with Crippen LogP contribution in [-0.2, 0) is 12.0 Å². The molecule has 0 N–H and O–H groups in total. The number of aromatic nitrogens is 2. The molecule has 7 aromatic carbocycles. The van der Waals surface area contributed by atoms with Crippen molar-refractivity contribution in [3.63, 3.8) is 0 Å². The third-order valence-corrected chi connectivity index (χ3v) is 13.1. The van der Waals surface area contributed by atoms with Crippen LogP contribution in [0.2, 0.25) is 0 Å². The molecule has 10 rings (SSSR count). The van der Waals surface area contributed by atoms with E-state index in [1.165, 1.54) is 33.6 Å². The Morgan fingerprint density at radius 1 is 0.621 bits per heavy atom. The quantitative estimate of drug-likeness (QED) is 0.169. The smallest absolute Gasteiger partial charge is 0.145 e. The molecule has 4 heteroatoms. The molecule has 0 radical (unpaired) electrons. The number of anilines is 2. The van der Waals surface area contributed by atoms with Gasteiger partial charge in [0.15, 0.2) is 0 Å². The van der Waals surface area contributed by atoms with Gasteiger partial charge in [0, 0.05) is 28.3 Å². The summed E-state index contributed by atoms with van der Waals surface area (Å²) in [5.41, 5.74) is 14.8. The second-order valence-corrected chi connectivity index (χ2v) is 16.4. The molecule has 0 saturated carbocycles. The zero-order chi connectivity index (χ0) is 39.2. The van der Waals surface area contributed by atoms with Gasteiger partial charge in [-0.05, 0) is 138 Å². The van der Waals surface area contributed by atoms with Crippen LogP contribution in [0.3, 0.4) is 0 Å². The number of aryl methyl sites for hydroxylation is 1. The summed E-state index contributed by atoms with van der Waals surface area (Å²) in [5, 5.41) is 0. The molecular weight excluding hydrogens is 705 g/mol. The summed E-state index contributed by atoms with van der Waals surface area (Å²) >= 11 is 0. The van der Waals surface area contributed by atoms with Gasteiger partial charge < -0.3 is 4.90 Å². The molecule has 0 saturated heterocycles. The van der Waals surface area contributed by atoms with Crippen LogP contribution in [0.4, 0.5) is 17.1 Å². The van der Waals surface area contributed by atoms with Crippen molar-refractivity contribution in [1.82, 2.24) is 9.55 Å². The number of para-hydroxylation sites is 6. The summed E-state index contributed by atoms with van der Waals surface area (Å²) in [6.45, 7) is 7.29. The molecular formula is C54H48N4. The minimum Gasteiger partial charge on any atom is -0.331 e. The molecule has 58 heavy (non-hydrogen) atoms. The van der Waals surface area contributed by atoms with Gasteiger partial charge in [-0.25, -0.2) is 4.98 Å².